The number of hydrogen-bond acceptors (Lipinski definition) is 5. The predicted octanol–water partition coefficient (Wildman–Crippen LogP) is 0.588. The highest BCUT2D eigenvalue weighted by molar-refractivity contribution is 5.27. The lowest BCUT2D eigenvalue weighted by atomic mass is 10.0. The Bertz CT molecular complexity index is 422. The van der Waals surface area contributed by atoms with Crippen LogP contribution in [0.2, 0.25) is 0 Å². The number of aliphatic hydroxyl groups excluding tert-OH is 2. The average molecular weight is 294 g/mol. The zero-order chi connectivity index (χ0) is 15.2. The first-order valence-electron chi connectivity index (χ1n) is 7.58. The number of hydrogen-bond donors (Lipinski definition) is 3. The fourth-order valence-corrected chi connectivity index (χ4v) is 2.69. The van der Waals surface area contributed by atoms with Crippen LogP contribution in [0, 0.1) is 5.92 Å². The van der Waals surface area contributed by atoms with Crippen molar-refractivity contribution in [2.45, 2.75) is 32.1 Å². The van der Waals surface area contributed by atoms with Crippen molar-refractivity contribution >= 4 is 0 Å². The van der Waals surface area contributed by atoms with Crippen LogP contribution in [0.4, 0.5) is 0 Å². The molecule has 0 aromatic heterocycles. The Kier molecular flexibility index (Phi) is 5.99. The molecule has 0 aliphatic carbocycles. The minimum absolute atomic E-state index is 0.274. The molecule has 1 fully saturated rings. The van der Waals surface area contributed by atoms with Gasteiger partial charge in [0.05, 0.1) is 6.10 Å². The summed E-state index contributed by atoms with van der Waals surface area (Å²) in [5.41, 5.74) is 6.60. The standard InChI is InChI=1S/C16H26N2O3/c1-12(19)14-6-7-18(9-14)10-15(20)11-21-16-4-2-13(8-17)3-5-16/h2-5,12,14-15,19-20H,6-11,17H2,1H3. The molecule has 4 N–H and O–H groups in total. The first-order valence-corrected chi connectivity index (χ1v) is 7.58. The molecule has 2 rings (SSSR count). The van der Waals surface area contributed by atoms with E-state index in [9.17, 15) is 10.2 Å². The summed E-state index contributed by atoms with van der Waals surface area (Å²) in [5.74, 6) is 1.07. The normalized spacial score (nSPS) is 22.2. The van der Waals surface area contributed by atoms with Gasteiger partial charge in [-0.15, -0.1) is 0 Å². The van der Waals surface area contributed by atoms with Gasteiger partial charge in [0.25, 0.3) is 0 Å². The van der Waals surface area contributed by atoms with E-state index in [1.807, 2.05) is 31.2 Å². The average Bonchev–Trinajstić information content (AvgIpc) is 2.94. The van der Waals surface area contributed by atoms with Crippen LogP contribution >= 0.6 is 0 Å². The van der Waals surface area contributed by atoms with Gasteiger partial charge >= 0.3 is 0 Å². The Morgan fingerprint density at radius 2 is 2.05 bits per heavy atom. The topological polar surface area (TPSA) is 79.0 Å². The summed E-state index contributed by atoms with van der Waals surface area (Å²) in [7, 11) is 0. The van der Waals surface area contributed by atoms with Crippen molar-refractivity contribution in [3.8, 4) is 5.75 Å². The van der Waals surface area contributed by atoms with Crippen LogP contribution in [0.1, 0.15) is 18.9 Å². The largest absolute Gasteiger partial charge is 0.491 e. The lowest BCUT2D eigenvalue weighted by Crippen LogP contribution is -2.35. The predicted molar refractivity (Wildman–Crippen MR) is 82.1 cm³/mol. The SMILES string of the molecule is CC(O)C1CCN(CC(O)COc2ccc(CN)cc2)C1. The molecule has 118 valence electrons. The zero-order valence-electron chi connectivity index (χ0n) is 12.6. The fourth-order valence-electron chi connectivity index (χ4n) is 2.69. The van der Waals surface area contributed by atoms with E-state index in [4.69, 9.17) is 10.5 Å². The van der Waals surface area contributed by atoms with Gasteiger partial charge in [0.1, 0.15) is 18.5 Å². The van der Waals surface area contributed by atoms with Crippen molar-refractivity contribution in [3.05, 3.63) is 29.8 Å². The molecule has 0 bridgehead atoms. The lowest BCUT2D eigenvalue weighted by molar-refractivity contribution is 0.0696. The maximum Gasteiger partial charge on any atom is 0.119 e. The minimum atomic E-state index is -0.521. The number of β-amino-alcohol motifs (C(OH)–C–C–N with tert-alkyl or cyclic N) is 1. The van der Waals surface area contributed by atoms with Gasteiger partial charge < -0.3 is 25.6 Å². The monoisotopic (exact) mass is 294 g/mol. The third-order valence-corrected chi connectivity index (χ3v) is 4.06. The number of ether oxygens (including phenoxy) is 1. The molecule has 0 spiro atoms. The van der Waals surface area contributed by atoms with Gasteiger partial charge in [-0.3, -0.25) is 0 Å². The Hall–Kier alpha value is -1.14. The van der Waals surface area contributed by atoms with E-state index in [2.05, 4.69) is 4.90 Å². The third-order valence-electron chi connectivity index (χ3n) is 4.06. The molecule has 1 saturated heterocycles. The number of rotatable bonds is 7. The van der Waals surface area contributed by atoms with E-state index < -0.39 is 6.10 Å². The van der Waals surface area contributed by atoms with Crippen LogP contribution in [0.3, 0.4) is 0 Å². The number of nitrogens with two attached hydrogens (primary N) is 1. The highest BCUT2D eigenvalue weighted by Gasteiger charge is 2.27. The molecule has 3 unspecified atom stereocenters. The molecule has 0 saturated carbocycles. The maximum absolute atomic E-state index is 10.0. The number of benzene rings is 1. The van der Waals surface area contributed by atoms with Gasteiger partial charge in [0.15, 0.2) is 0 Å². The molecule has 5 nitrogen and oxygen atoms in total. The highest BCUT2D eigenvalue weighted by Crippen LogP contribution is 2.20. The smallest absolute Gasteiger partial charge is 0.119 e. The second kappa shape index (κ2) is 7.75. The molecule has 1 aliphatic rings. The molecule has 1 heterocycles. The highest BCUT2D eigenvalue weighted by atomic mass is 16.5. The molecule has 21 heavy (non-hydrogen) atoms. The summed E-state index contributed by atoms with van der Waals surface area (Å²) in [6.45, 7) is 4.99. The number of likely N-dealkylation sites (tertiary alicyclic amines) is 1. The Morgan fingerprint density at radius 1 is 1.33 bits per heavy atom. The van der Waals surface area contributed by atoms with Gasteiger partial charge in [-0.05, 0) is 43.5 Å². The summed E-state index contributed by atoms with van der Waals surface area (Å²) < 4.78 is 5.58. The fraction of sp³-hybridized carbons (Fsp3) is 0.625. The molecule has 5 heteroatoms. The quantitative estimate of drug-likeness (QED) is 0.686. The van der Waals surface area contributed by atoms with E-state index >= 15 is 0 Å². The Labute approximate surface area is 126 Å². The molecular formula is C16H26N2O3. The van der Waals surface area contributed by atoms with Crippen LogP contribution in [0.15, 0.2) is 24.3 Å². The molecular weight excluding hydrogens is 268 g/mol. The van der Waals surface area contributed by atoms with Gasteiger partial charge in [0.2, 0.25) is 0 Å². The molecule has 0 amide bonds. The Morgan fingerprint density at radius 3 is 2.62 bits per heavy atom. The summed E-state index contributed by atoms with van der Waals surface area (Å²) in [6, 6.07) is 7.59. The van der Waals surface area contributed by atoms with Crippen LogP contribution in [0.5, 0.6) is 5.75 Å². The third kappa shape index (κ3) is 4.97. The molecule has 1 aromatic carbocycles. The van der Waals surface area contributed by atoms with Crippen LogP contribution in [-0.2, 0) is 6.54 Å². The van der Waals surface area contributed by atoms with Gasteiger partial charge in [-0.1, -0.05) is 12.1 Å². The molecule has 0 radical (unpaired) electrons. The van der Waals surface area contributed by atoms with E-state index in [0.29, 0.717) is 19.0 Å². The second-order valence-corrected chi connectivity index (χ2v) is 5.86. The summed E-state index contributed by atoms with van der Waals surface area (Å²) in [6.07, 6.45) is 0.197. The first-order chi connectivity index (χ1) is 10.1. The number of aliphatic hydroxyl groups is 2. The summed E-state index contributed by atoms with van der Waals surface area (Å²) in [4.78, 5) is 2.18. The van der Waals surface area contributed by atoms with E-state index in [-0.39, 0.29) is 12.7 Å². The van der Waals surface area contributed by atoms with E-state index in [1.165, 1.54) is 0 Å². The second-order valence-electron chi connectivity index (χ2n) is 5.86. The van der Waals surface area contributed by atoms with E-state index in [1.54, 1.807) is 0 Å². The van der Waals surface area contributed by atoms with Crippen molar-refractivity contribution in [1.29, 1.82) is 0 Å². The van der Waals surface area contributed by atoms with Crippen LogP contribution in [0.25, 0.3) is 0 Å². The molecule has 1 aliphatic heterocycles. The molecule has 1 aromatic rings. The van der Waals surface area contributed by atoms with Crippen molar-refractivity contribution < 1.29 is 14.9 Å². The molecule has 3 atom stereocenters. The van der Waals surface area contributed by atoms with Gasteiger partial charge in [-0.2, -0.15) is 0 Å². The lowest BCUT2D eigenvalue weighted by Gasteiger charge is -2.21. The Balaban J connectivity index is 1.71. The van der Waals surface area contributed by atoms with Crippen molar-refractivity contribution in [1.82, 2.24) is 4.90 Å². The summed E-state index contributed by atoms with van der Waals surface area (Å²) >= 11 is 0. The maximum atomic E-state index is 10.0. The first kappa shape index (κ1) is 16.2. The van der Waals surface area contributed by atoms with Gasteiger partial charge in [0, 0.05) is 19.6 Å². The van der Waals surface area contributed by atoms with Crippen molar-refractivity contribution in [2.24, 2.45) is 11.7 Å². The zero-order valence-corrected chi connectivity index (χ0v) is 12.6. The van der Waals surface area contributed by atoms with E-state index in [0.717, 1.165) is 30.8 Å². The van der Waals surface area contributed by atoms with Crippen LogP contribution < -0.4 is 10.5 Å². The number of nitrogens with zero attached hydrogens (tertiary/aromatic N) is 1. The minimum Gasteiger partial charge on any atom is -0.491 e. The van der Waals surface area contributed by atoms with Crippen molar-refractivity contribution in [3.63, 3.8) is 0 Å². The summed E-state index contributed by atoms with van der Waals surface area (Å²) in [5, 5.41) is 19.6. The van der Waals surface area contributed by atoms with Crippen molar-refractivity contribution in [2.75, 3.05) is 26.2 Å². The van der Waals surface area contributed by atoms with Crippen LogP contribution in [-0.4, -0.2) is 53.6 Å². The van der Waals surface area contributed by atoms with Gasteiger partial charge in [-0.25, -0.2) is 0 Å².